The fourth-order valence-electron chi connectivity index (χ4n) is 6.02. The van der Waals surface area contributed by atoms with Gasteiger partial charge in [-0.05, 0) is 52.9 Å². The van der Waals surface area contributed by atoms with Gasteiger partial charge >= 0.3 is 11.9 Å². The molecule has 0 spiro atoms. The van der Waals surface area contributed by atoms with Gasteiger partial charge in [-0.25, -0.2) is 4.79 Å². The van der Waals surface area contributed by atoms with E-state index in [0.29, 0.717) is 28.7 Å². The Hall–Kier alpha value is -3.74. The molecule has 3 atom stereocenters. The maximum absolute atomic E-state index is 14.0. The molecule has 6 heteroatoms. The Morgan fingerprint density at radius 2 is 1.54 bits per heavy atom. The Morgan fingerprint density at radius 3 is 2.24 bits per heavy atom. The number of hydrogen-bond donors (Lipinski definition) is 0. The summed E-state index contributed by atoms with van der Waals surface area (Å²) in [4.78, 5) is 25.8. The summed E-state index contributed by atoms with van der Waals surface area (Å²) in [7, 11) is 1.66. The van der Waals surface area contributed by atoms with Crippen molar-refractivity contribution in [1.29, 1.82) is 0 Å². The quantitative estimate of drug-likeness (QED) is 0.157. The lowest BCUT2D eigenvalue weighted by Gasteiger charge is -2.52. The van der Waals surface area contributed by atoms with Gasteiger partial charge < -0.3 is 14.2 Å². The fourth-order valence-corrected chi connectivity index (χ4v) is 6.40. The molecule has 0 amide bonds. The lowest BCUT2D eigenvalue weighted by molar-refractivity contribution is -0.152. The SMILES string of the molecule is C=CC(=O)Oc1ccc(OC(=O)C2CC3c4ccccc4C2(OC)c2ccc(Br)cc23)c2ccccc12. The molecule has 5 nitrogen and oxygen atoms in total. The fraction of sp³-hybridized carbons (Fsp3) is 0.161. The second-order valence-corrected chi connectivity index (χ2v) is 10.2. The second kappa shape index (κ2) is 8.98. The summed E-state index contributed by atoms with van der Waals surface area (Å²) in [6, 6.07) is 25.0. The number of hydrogen-bond acceptors (Lipinski definition) is 5. The molecule has 2 bridgehead atoms. The molecule has 0 heterocycles. The largest absolute Gasteiger partial charge is 0.426 e. The third-order valence-corrected chi connectivity index (χ3v) is 8.02. The number of carbonyl (C=O) groups is 2. The summed E-state index contributed by atoms with van der Waals surface area (Å²) in [5.41, 5.74) is 3.37. The minimum absolute atomic E-state index is 0.0516. The topological polar surface area (TPSA) is 61.8 Å². The van der Waals surface area contributed by atoms with Crippen LogP contribution in [0.2, 0.25) is 0 Å². The molecule has 0 aliphatic heterocycles. The van der Waals surface area contributed by atoms with Crippen LogP contribution in [0, 0.1) is 5.92 Å². The van der Waals surface area contributed by atoms with Gasteiger partial charge in [0.1, 0.15) is 17.1 Å². The zero-order valence-corrected chi connectivity index (χ0v) is 21.7. The molecule has 0 fully saturated rings. The van der Waals surface area contributed by atoms with Gasteiger partial charge in [-0.2, -0.15) is 0 Å². The minimum Gasteiger partial charge on any atom is -0.426 e. The normalized spacial score (nSPS) is 21.1. The van der Waals surface area contributed by atoms with Crippen molar-refractivity contribution in [2.75, 3.05) is 7.11 Å². The molecule has 0 radical (unpaired) electrons. The first-order chi connectivity index (χ1) is 18.0. The smallest absolute Gasteiger partial charge is 0.335 e. The summed E-state index contributed by atoms with van der Waals surface area (Å²) in [6.07, 6.45) is 1.68. The summed E-state index contributed by atoms with van der Waals surface area (Å²) in [6.45, 7) is 3.46. The van der Waals surface area contributed by atoms with Crippen LogP contribution < -0.4 is 9.47 Å². The van der Waals surface area contributed by atoms with Gasteiger partial charge in [0.15, 0.2) is 0 Å². The van der Waals surface area contributed by atoms with E-state index in [-0.39, 0.29) is 11.9 Å². The van der Waals surface area contributed by atoms with Crippen molar-refractivity contribution in [2.24, 2.45) is 5.92 Å². The van der Waals surface area contributed by atoms with Gasteiger partial charge in [-0.1, -0.05) is 77.1 Å². The van der Waals surface area contributed by atoms with Gasteiger partial charge in [-0.3, -0.25) is 4.79 Å². The van der Waals surface area contributed by atoms with Crippen molar-refractivity contribution in [2.45, 2.75) is 17.9 Å². The van der Waals surface area contributed by atoms with E-state index in [1.54, 1.807) is 19.2 Å². The molecule has 4 aromatic rings. The average Bonchev–Trinajstić information content (AvgIpc) is 2.93. The molecule has 3 unspecified atom stereocenters. The van der Waals surface area contributed by atoms with Crippen molar-refractivity contribution >= 4 is 38.6 Å². The highest BCUT2D eigenvalue weighted by atomic mass is 79.9. The van der Waals surface area contributed by atoms with E-state index in [1.165, 1.54) is 5.56 Å². The Kier molecular flexibility index (Phi) is 5.74. The van der Waals surface area contributed by atoms with Crippen molar-refractivity contribution in [3.8, 4) is 11.5 Å². The van der Waals surface area contributed by atoms with Crippen LogP contribution in [0.25, 0.3) is 10.8 Å². The van der Waals surface area contributed by atoms with Gasteiger partial charge in [0, 0.05) is 34.3 Å². The van der Waals surface area contributed by atoms with E-state index in [4.69, 9.17) is 14.2 Å². The maximum Gasteiger partial charge on any atom is 0.335 e. The molecule has 184 valence electrons. The van der Waals surface area contributed by atoms with Crippen LogP contribution in [0.5, 0.6) is 11.5 Å². The summed E-state index contributed by atoms with van der Waals surface area (Å²) in [5, 5.41) is 1.33. The van der Waals surface area contributed by atoms with Crippen LogP contribution in [0.3, 0.4) is 0 Å². The molecule has 0 saturated carbocycles. The zero-order valence-electron chi connectivity index (χ0n) is 20.1. The lowest BCUT2D eigenvalue weighted by Crippen LogP contribution is -2.52. The van der Waals surface area contributed by atoms with E-state index < -0.39 is 17.5 Å². The predicted octanol–water partition coefficient (Wildman–Crippen LogP) is 6.65. The van der Waals surface area contributed by atoms with Gasteiger partial charge in [0.05, 0.1) is 5.92 Å². The number of methoxy groups -OCH3 is 1. The highest BCUT2D eigenvalue weighted by Gasteiger charge is 2.58. The predicted molar refractivity (Wildman–Crippen MR) is 144 cm³/mol. The number of halogens is 1. The van der Waals surface area contributed by atoms with E-state index in [2.05, 4.69) is 40.7 Å². The van der Waals surface area contributed by atoms with E-state index in [1.807, 2.05) is 48.5 Å². The number of esters is 2. The van der Waals surface area contributed by atoms with E-state index in [9.17, 15) is 9.59 Å². The number of benzene rings is 4. The van der Waals surface area contributed by atoms with Crippen molar-refractivity contribution < 1.29 is 23.8 Å². The monoisotopic (exact) mass is 554 g/mol. The third-order valence-electron chi connectivity index (χ3n) is 7.53. The van der Waals surface area contributed by atoms with Crippen LogP contribution in [0.1, 0.15) is 34.6 Å². The number of ether oxygens (including phenoxy) is 3. The van der Waals surface area contributed by atoms with Crippen LogP contribution in [0.15, 0.2) is 96.0 Å². The van der Waals surface area contributed by atoms with Gasteiger partial charge in [-0.15, -0.1) is 0 Å². The third kappa shape index (κ3) is 3.55. The van der Waals surface area contributed by atoms with Crippen molar-refractivity contribution in [3.63, 3.8) is 0 Å². The van der Waals surface area contributed by atoms with Crippen LogP contribution in [-0.2, 0) is 19.9 Å². The van der Waals surface area contributed by atoms with E-state index in [0.717, 1.165) is 27.2 Å². The van der Waals surface area contributed by atoms with Gasteiger partial charge in [0.2, 0.25) is 0 Å². The molecular weight excluding hydrogens is 532 g/mol. The molecule has 0 aromatic heterocycles. The van der Waals surface area contributed by atoms with Crippen LogP contribution >= 0.6 is 15.9 Å². The lowest BCUT2D eigenvalue weighted by atomic mass is 9.56. The number of carbonyl (C=O) groups excluding carboxylic acids is 2. The Labute approximate surface area is 222 Å². The number of fused-ring (bicyclic) bond motifs is 2. The molecule has 0 N–H and O–H groups in total. The first kappa shape index (κ1) is 23.6. The van der Waals surface area contributed by atoms with E-state index >= 15 is 0 Å². The summed E-state index contributed by atoms with van der Waals surface area (Å²) < 4.78 is 18.8. The van der Waals surface area contributed by atoms with Crippen molar-refractivity contribution in [3.05, 3.63) is 118 Å². The molecule has 3 aliphatic rings. The first-order valence-electron chi connectivity index (χ1n) is 12.0. The molecule has 3 aliphatic carbocycles. The van der Waals surface area contributed by atoms with Crippen molar-refractivity contribution in [1.82, 2.24) is 0 Å². The summed E-state index contributed by atoms with van der Waals surface area (Å²) >= 11 is 3.61. The highest BCUT2D eigenvalue weighted by Crippen LogP contribution is 2.60. The Balaban J connectivity index is 1.43. The molecule has 7 rings (SSSR count). The maximum atomic E-state index is 14.0. The second-order valence-electron chi connectivity index (χ2n) is 9.25. The summed E-state index contributed by atoms with van der Waals surface area (Å²) in [5.74, 6) is -0.649. The Bertz CT molecular complexity index is 1590. The standard InChI is InChI=1S/C31H23BrO5/c1-3-29(33)36-27-14-15-28(21-10-5-4-9-20(21)27)37-30(34)26-17-22-19-8-6-7-11-24(19)31(26,35-2)25-13-12-18(32)16-23(22)25/h3-16,22,26H,1,17H2,2H3. The Morgan fingerprint density at radius 1 is 0.892 bits per heavy atom. The molecule has 0 saturated heterocycles. The molecular formula is C31H23BrO5. The first-order valence-corrected chi connectivity index (χ1v) is 12.8. The number of rotatable bonds is 5. The molecule has 37 heavy (non-hydrogen) atoms. The minimum atomic E-state index is -0.965. The average molecular weight is 555 g/mol. The van der Waals surface area contributed by atoms with Crippen LogP contribution in [0.4, 0.5) is 0 Å². The van der Waals surface area contributed by atoms with Crippen LogP contribution in [-0.4, -0.2) is 19.0 Å². The zero-order chi connectivity index (χ0) is 25.7. The molecule has 4 aromatic carbocycles. The van der Waals surface area contributed by atoms with Gasteiger partial charge in [0.25, 0.3) is 0 Å². The highest BCUT2D eigenvalue weighted by molar-refractivity contribution is 9.10.